The molecule has 0 bridgehead atoms. The SMILES string of the molecule is Cc1nccnc1C(C)S(=O)(=O)Cl. The maximum absolute atomic E-state index is 11.0. The Kier molecular flexibility index (Phi) is 2.87. The number of aromatic nitrogens is 2. The highest BCUT2D eigenvalue weighted by molar-refractivity contribution is 8.13. The van der Waals surface area contributed by atoms with Crippen LogP contribution in [0.4, 0.5) is 0 Å². The first-order valence-electron chi connectivity index (χ1n) is 3.64. The molecule has 0 fully saturated rings. The predicted octanol–water partition coefficient (Wildman–Crippen LogP) is 1.41. The number of halogens is 1. The van der Waals surface area contributed by atoms with Crippen molar-refractivity contribution in [3.05, 3.63) is 23.8 Å². The molecule has 72 valence electrons. The Balaban J connectivity index is 3.17. The molecule has 0 amide bonds. The Morgan fingerprint density at radius 1 is 1.38 bits per heavy atom. The number of aryl methyl sites for hydroxylation is 1. The average Bonchev–Trinajstić information content (AvgIpc) is 2.02. The van der Waals surface area contributed by atoms with E-state index in [1.165, 1.54) is 19.3 Å². The molecule has 0 aliphatic rings. The van der Waals surface area contributed by atoms with Crippen molar-refractivity contribution in [1.29, 1.82) is 0 Å². The summed E-state index contributed by atoms with van der Waals surface area (Å²) in [5.74, 6) is 0. The molecule has 1 atom stereocenters. The molecule has 1 heterocycles. The Bertz CT molecular complexity index is 405. The average molecular weight is 221 g/mol. The summed E-state index contributed by atoms with van der Waals surface area (Å²) in [6, 6.07) is 0. The minimum absolute atomic E-state index is 0.400. The molecular weight excluding hydrogens is 212 g/mol. The van der Waals surface area contributed by atoms with E-state index in [1.807, 2.05) is 0 Å². The van der Waals surface area contributed by atoms with Gasteiger partial charge in [0.05, 0.1) is 11.4 Å². The summed E-state index contributed by atoms with van der Waals surface area (Å²) in [7, 11) is 1.59. The molecule has 0 aliphatic carbocycles. The molecule has 1 rings (SSSR count). The Morgan fingerprint density at radius 3 is 2.38 bits per heavy atom. The van der Waals surface area contributed by atoms with Gasteiger partial charge < -0.3 is 0 Å². The third kappa shape index (κ3) is 2.38. The van der Waals surface area contributed by atoms with Gasteiger partial charge >= 0.3 is 0 Å². The molecule has 13 heavy (non-hydrogen) atoms. The van der Waals surface area contributed by atoms with Crippen molar-refractivity contribution in [2.45, 2.75) is 19.1 Å². The zero-order valence-electron chi connectivity index (χ0n) is 7.23. The maximum Gasteiger partial charge on any atom is 0.240 e. The lowest BCUT2D eigenvalue weighted by Crippen LogP contribution is -2.07. The van der Waals surface area contributed by atoms with E-state index in [0.29, 0.717) is 11.4 Å². The van der Waals surface area contributed by atoms with Gasteiger partial charge in [-0.15, -0.1) is 0 Å². The van der Waals surface area contributed by atoms with Gasteiger partial charge in [-0.1, -0.05) is 0 Å². The van der Waals surface area contributed by atoms with Crippen LogP contribution in [0.1, 0.15) is 23.6 Å². The van der Waals surface area contributed by atoms with E-state index in [-0.39, 0.29) is 0 Å². The quantitative estimate of drug-likeness (QED) is 0.708. The summed E-state index contributed by atoms with van der Waals surface area (Å²) < 4.78 is 22.0. The van der Waals surface area contributed by atoms with Gasteiger partial charge in [0.1, 0.15) is 5.25 Å². The van der Waals surface area contributed by atoms with Crippen molar-refractivity contribution in [1.82, 2.24) is 9.97 Å². The van der Waals surface area contributed by atoms with Gasteiger partial charge in [-0.25, -0.2) is 8.42 Å². The molecule has 1 aromatic heterocycles. The summed E-state index contributed by atoms with van der Waals surface area (Å²) in [5.41, 5.74) is 0.983. The van der Waals surface area contributed by atoms with Gasteiger partial charge in [0.2, 0.25) is 9.05 Å². The highest BCUT2D eigenvalue weighted by Gasteiger charge is 2.22. The minimum atomic E-state index is -3.61. The lowest BCUT2D eigenvalue weighted by molar-refractivity contribution is 0.598. The summed E-state index contributed by atoms with van der Waals surface area (Å²) in [6.07, 6.45) is 2.95. The van der Waals surface area contributed by atoms with Gasteiger partial charge in [-0.2, -0.15) is 0 Å². The van der Waals surface area contributed by atoms with Crippen LogP contribution in [-0.2, 0) is 9.05 Å². The zero-order valence-corrected chi connectivity index (χ0v) is 8.80. The van der Waals surface area contributed by atoms with E-state index in [4.69, 9.17) is 10.7 Å². The molecule has 0 aromatic carbocycles. The second kappa shape index (κ2) is 3.59. The second-order valence-electron chi connectivity index (χ2n) is 2.64. The first-order chi connectivity index (χ1) is 5.93. The molecule has 0 saturated carbocycles. The topological polar surface area (TPSA) is 59.9 Å². The van der Waals surface area contributed by atoms with Crippen LogP contribution >= 0.6 is 10.7 Å². The second-order valence-corrected chi connectivity index (χ2v) is 5.59. The normalized spacial score (nSPS) is 14.1. The fourth-order valence-corrected chi connectivity index (χ4v) is 1.70. The van der Waals surface area contributed by atoms with E-state index in [2.05, 4.69) is 9.97 Å². The fraction of sp³-hybridized carbons (Fsp3) is 0.429. The van der Waals surface area contributed by atoms with E-state index in [1.54, 1.807) is 6.92 Å². The van der Waals surface area contributed by atoms with Crippen LogP contribution in [0, 0.1) is 6.92 Å². The van der Waals surface area contributed by atoms with Crippen LogP contribution in [0.3, 0.4) is 0 Å². The van der Waals surface area contributed by atoms with Crippen molar-refractivity contribution in [2.24, 2.45) is 0 Å². The monoisotopic (exact) mass is 220 g/mol. The van der Waals surface area contributed by atoms with Crippen molar-refractivity contribution in [3.63, 3.8) is 0 Å². The Hall–Kier alpha value is -0.680. The highest BCUT2D eigenvalue weighted by Crippen LogP contribution is 2.24. The standard InChI is InChI=1S/C7H9ClN2O2S/c1-5-7(10-4-3-9-5)6(2)13(8,11)12/h3-4,6H,1-2H3. The predicted molar refractivity (Wildman–Crippen MR) is 50.0 cm³/mol. The maximum atomic E-state index is 11.0. The zero-order chi connectivity index (χ0) is 10.1. The van der Waals surface area contributed by atoms with Gasteiger partial charge in [0, 0.05) is 23.1 Å². The van der Waals surface area contributed by atoms with Crippen LogP contribution in [-0.4, -0.2) is 18.4 Å². The molecule has 1 aromatic rings. The molecule has 0 saturated heterocycles. The Morgan fingerprint density at radius 2 is 1.92 bits per heavy atom. The minimum Gasteiger partial charge on any atom is -0.258 e. The smallest absolute Gasteiger partial charge is 0.240 e. The molecule has 0 radical (unpaired) electrons. The van der Waals surface area contributed by atoms with E-state index in [9.17, 15) is 8.42 Å². The summed E-state index contributed by atoms with van der Waals surface area (Å²) in [6.45, 7) is 3.18. The lowest BCUT2D eigenvalue weighted by atomic mass is 10.2. The van der Waals surface area contributed by atoms with Crippen molar-refractivity contribution in [3.8, 4) is 0 Å². The largest absolute Gasteiger partial charge is 0.258 e. The van der Waals surface area contributed by atoms with Crippen LogP contribution in [0.15, 0.2) is 12.4 Å². The first kappa shape index (κ1) is 10.4. The van der Waals surface area contributed by atoms with Crippen LogP contribution < -0.4 is 0 Å². The molecular formula is C7H9ClN2O2S. The highest BCUT2D eigenvalue weighted by atomic mass is 35.7. The molecule has 6 heteroatoms. The molecule has 0 aliphatic heterocycles. The summed E-state index contributed by atoms with van der Waals surface area (Å²) in [4.78, 5) is 7.85. The third-order valence-corrected chi connectivity index (χ3v) is 3.60. The van der Waals surface area contributed by atoms with Gasteiger partial charge in [-0.05, 0) is 13.8 Å². The Labute approximate surface area is 81.4 Å². The molecule has 1 unspecified atom stereocenters. The van der Waals surface area contributed by atoms with Gasteiger partial charge in [0.15, 0.2) is 0 Å². The number of rotatable bonds is 2. The van der Waals surface area contributed by atoms with Crippen LogP contribution in [0.25, 0.3) is 0 Å². The van der Waals surface area contributed by atoms with E-state index < -0.39 is 14.3 Å². The summed E-state index contributed by atoms with van der Waals surface area (Å²) >= 11 is 0. The fourth-order valence-electron chi connectivity index (χ4n) is 0.951. The molecule has 4 nitrogen and oxygen atoms in total. The number of hydrogen-bond acceptors (Lipinski definition) is 4. The first-order valence-corrected chi connectivity index (χ1v) is 6.01. The summed E-state index contributed by atoms with van der Waals surface area (Å²) in [5, 5.41) is -0.817. The lowest BCUT2D eigenvalue weighted by Gasteiger charge is -2.08. The third-order valence-electron chi connectivity index (χ3n) is 1.73. The van der Waals surface area contributed by atoms with E-state index in [0.717, 1.165) is 0 Å². The van der Waals surface area contributed by atoms with Gasteiger partial charge in [0.25, 0.3) is 0 Å². The van der Waals surface area contributed by atoms with E-state index >= 15 is 0 Å². The van der Waals surface area contributed by atoms with Crippen LogP contribution in [0.5, 0.6) is 0 Å². The molecule has 0 spiro atoms. The van der Waals surface area contributed by atoms with Crippen LogP contribution in [0.2, 0.25) is 0 Å². The number of nitrogens with zero attached hydrogens (tertiary/aromatic N) is 2. The number of hydrogen-bond donors (Lipinski definition) is 0. The molecule has 0 N–H and O–H groups in total. The van der Waals surface area contributed by atoms with Crippen molar-refractivity contribution in [2.75, 3.05) is 0 Å². The van der Waals surface area contributed by atoms with Gasteiger partial charge in [-0.3, -0.25) is 9.97 Å². The van der Waals surface area contributed by atoms with Crippen molar-refractivity contribution < 1.29 is 8.42 Å². The van der Waals surface area contributed by atoms with Crippen molar-refractivity contribution >= 4 is 19.7 Å².